The van der Waals surface area contributed by atoms with Crippen molar-refractivity contribution < 1.29 is 15.0 Å². The van der Waals surface area contributed by atoms with E-state index in [1.54, 1.807) is 0 Å². The summed E-state index contributed by atoms with van der Waals surface area (Å²) in [5.41, 5.74) is 1.84. The van der Waals surface area contributed by atoms with Gasteiger partial charge in [0.05, 0.1) is 12.1 Å². The van der Waals surface area contributed by atoms with Gasteiger partial charge in [0.15, 0.2) is 0 Å². The number of hydrogen-bond donors (Lipinski definition) is 4. The topological polar surface area (TPSA) is 81.6 Å². The van der Waals surface area contributed by atoms with E-state index >= 15 is 0 Å². The molecule has 0 saturated carbocycles. The van der Waals surface area contributed by atoms with Crippen LogP contribution in [-0.2, 0) is 11.2 Å². The molecule has 104 valence electrons. The number of rotatable bonds is 5. The lowest BCUT2D eigenvalue weighted by Gasteiger charge is -2.12. The highest BCUT2D eigenvalue weighted by atomic mass is 16.3. The van der Waals surface area contributed by atoms with Crippen LogP contribution in [0.15, 0.2) is 24.3 Å². The molecule has 1 heterocycles. The Bertz CT molecular complexity index is 436. The Morgan fingerprint density at radius 2 is 2.32 bits per heavy atom. The first-order chi connectivity index (χ1) is 9.19. The molecule has 1 saturated heterocycles. The van der Waals surface area contributed by atoms with E-state index in [2.05, 4.69) is 10.6 Å². The molecule has 1 aromatic carbocycles. The molecule has 4 N–H and O–H groups in total. The van der Waals surface area contributed by atoms with Crippen LogP contribution in [0.2, 0.25) is 0 Å². The van der Waals surface area contributed by atoms with Crippen LogP contribution in [0.25, 0.3) is 0 Å². The van der Waals surface area contributed by atoms with Gasteiger partial charge in [-0.05, 0) is 37.0 Å². The summed E-state index contributed by atoms with van der Waals surface area (Å²) in [5, 5.41) is 24.0. The summed E-state index contributed by atoms with van der Waals surface area (Å²) in [6.45, 7) is 0.634. The molecule has 19 heavy (non-hydrogen) atoms. The van der Waals surface area contributed by atoms with Crippen molar-refractivity contribution in [3.05, 3.63) is 29.8 Å². The van der Waals surface area contributed by atoms with Crippen LogP contribution in [-0.4, -0.2) is 41.4 Å². The van der Waals surface area contributed by atoms with Crippen LogP contribution in [0.4, 0.5) is 5.69 Å². The third-order valence-electron chi connectivity index (χ3n) is 3.24. The number of β-amino-alcohol motifs (C(OH)–C–C–N with tert-alkyl or cyclic N) is 1. The van der Waals surface area contributed by atoms with Crippen molar-refractivity contribution in [2.45, 2.75) is 31.4 Å². The summed E-state index contributed by atoms with van der Waals surface area (Å²) in [4.78, 5) is 12.0. The zero-order chi connectivity index (χ0) is 13.7. The molecule has 5 nitrogen and oxygen atoms in total. The van der Waals surface area contributed by atoms with Gasteiger partial charge in [0.2, 0.25) is 5.91 Å². The van der Waals surface area contributed by atoms with E-state index < -0.39 is 6.10 Å². The van der Waals surface area contributed by atoms with E-state index in [1.165, 1.54) is 0 Å². The first-order valence-corrected chi connectivity index (χ1v) is 6.61. The Hall–Kier alpha value is -1.43. The Morgan fingerprint density at radius 3 is 3.00 bits per heavy atom. The number of nitrogens with one attached hydrogen (secondary N) is 2. The molecule has 2 rings (SSSR count). The van der Waals surface area contributed by atoms with E-state index in [1.807, 2.05) is 24.3 Å². The van der Waals surface area contributed by atoms with Crippen LogP contribution in [0.5, 0.6) is 0 Å². The smallest absolute Gasteiger partial charge is 0.241 e. The minimum absolute atomic E-state index is 0.115. The van der Waals surface area contributed by atoms with Gasteiger partial charge in [0.25, 0.3) is 0 Å². The number of carbonyl (C=O) groups excluding carboxylic acids is 1. The van der Waals surface area contributed by atoms with Crippen LogP contribution in [0, 0.1) is 0 Å². The van der Waals surface area contributed by atoms with Crippen molar-refractivity contribution in [3.8, 4) is 0 Å². The summed E-state index contributed by atoms with van der Waals surface area (Å²) in [7, 11) is 0. The molecule has 2 atom stereocenters. The van der Waals surface area contributed by atoms with Gasteiger partial charge in [-0.15, -0.1) is 0 Å². The Morgan fingerprint density at radius 1 is 1.47 bits per heavy atom. The highest BCUT2D eigenvalue weighted by molar-refractivity contribution is 5.95. The second kappa shape index (κ2) is 6.65. The third-order valence-corrected chi connectivity index (χ3v) is 3.24. The molecule has 1 amide bonds. The maximum absolute atomic E-state index is 12.0. The quantitative estimate of drug-likeness (QED) is 0.615. The number of hydrogen-bond acceptors (Lipinski definition) is 4. The average Bonchev–Trinajstić information content (AvgIpc) is 2.83. The predicted octanol–water partition coefficient (Wildman–Crippen LogP) is 0.273. The second-order valence-electron chi connectivity index (χ2n) is 4.87. The maximum Gasteiger partial charge on any atom is 0.241 e. The molecule has 1 fully saturated rings. The summed E-state index contributed by atoms with van der Waals surface area (Å²) in [5.74, 6) is -0.115. The van der Waals surface area contributed by atoms with E-state index in [0.29, 0.717) is 19.4 Å². The van der Waals surface area contributed by atoms with Crippen molar-refractivity contribution in [2.75, 3.05) is 18.5 Å². The van der Waals surface area contributed by atoms with Crippen LogP contribution >= 0.6 is 0 Å². The number of carbonyl (C=O) groups is 1. The highest BCUT2D eigenvalue weighted by Gasteiger charge is 2.27. The van der Waals surface area contributed by atoms with Crippen LogP contribution in [0.1, 0.15) is 18.4 Å². The van der Waals surface area contributed by atoms with Gasteiger partial charge in [-0.1, -0.05) is 12.1 Å². The molecule has 1 aliphatic heterocycles. The fourth-order valence-corrected chi connectivity index (χ4v) is 2.23. The lowest BCUT2D eigenvalue weighted by atomic mass is 10.1. The summed E-state index contributed by atoms with van der Waals surface area (Å²) < 4.78 is 0. The van der Waals surface area contributed by atoms with Crippen molar-refractivity contribution in [1.29, 1.82) is 0 Å². The van der Waals surface area contributed by atoms with Crippen molar-refractivity contribution in [2.24, 2.45) is 0 Å². The minimum Gasteiger partial charge on any atom is -0.396 e. The number of benzene rings is 1. The highest BCUT2D eigenvalue weighted by Crippen LogP contribution is 2.14. The molecule has 5 heteroatoms. The standard InChI is InChI=1S/C14H20N2O3/c17-6-2-4-10-3-1-5-11(7-10)16-14(19)13-8-12(18)9-15-13/h1,3,5,7,12-13,15,17-18H,2,4,6,8-9H2,(H,16,19). The summed E-state index contributed by atoms with van der Waals surface area (Å²) >= 11 is 0. The summed E-state index contributed by atoms with van der Waals surface area (Å²) in [6.07, 6.45) is 1.52. The second-order valence-corrected chi connectivity index (χ2v) is 4.87. The van der Waals surface area contributed by atoms with Crippen molar-refractivity contribution >= 4 is 11.6 Å². The molecule has 0 spiro atoms. The molecule has 0 aliphatic carbocycles. The number of aryl methyl sites for hydroxylation is 1. The Kier molecular flexibility index (Phi) is 4.90. The van der Waals surface area contributed by atoms with Gasteiger partial charge in [-0.25, -0.2) is 0 Å². The van der Waals surface area contributed by atoms with Crippen molar-refractivity contribution in [3.63, 3.8) is 0 Å². The first kappa shape index (κ1) is 14.0. The van der Waals surface area contributed by atoms with Gasteiger partial charge < -0.3 is 20.8 Å². The van der Waals surface area contributed by atoms with Crippen LogP contribution < -0.4 is 10.6 Å². The van der Waals surface area contributed by atoms with Gasteiger partial charge in [0.1, 0.15) is 0 Å². The molecule has 0 radical (unpaired) electrons. The van der Waals surface area contributed by atoms with E-state index in [-0.39, 0.29) is 18.6 Å². The fraction of sp³-hybridized carbons (Fsp3) is 0.500. The van der Waals surface area contributed by atoms with E-state index in [9.17, 15) is 9.90 Å². The van der Waals surface area contributed by atoms with Crippen molar-refractivity contribution in [1.82, 2.24) is 5.32 Å². The first-order valence-electron chi connectivity index (χ1n) is 6.61. The molecule has 1 aromatic rings. The molecular weight excluding hydrogens is 244 g/mol. The number of aliphatic hydroxyl groups is 2. The number of anilines is 1. The van der Waals surface area contributed by atoms with Gasteiger partial charge in [-0.2, -0.15) is 0 Å². The predicted molar refractivity (Wildman–Crippen MR) is 72.9 cm³/mol. The maximum atomic E-state index is 12.0. The Labute approximate surface area is 112 Å². The normalized spacial score (nSPS) is 22.4. The van der Waals surface area contributed by atoms with Gasteiger partial charge in [0, 0.05) is 18.8 Å². The Balaban J connectivity index is 1.93. The number of amides is 1. The van der Waals surface area contributed by atoms with Gasteiger partial charge >= 0.3 is 0 Å². The van der Waals surface area contributed by atoms with Crippen LogP contribution in [0.3, 0.4) is 0 Å². The molecule has 2 unspecified atom stereocenters. The lowest BCUT2D eigenvalue weighted by Crippen LogP contribution is -2.35. The molecule has 1 aliphatic rings. The molecule has 0 bridgehead atoms. The molecular formula is C14H20N2O3. The number of aliphatic hydroxyl groups excluding tert-OH is 2. The fourth-order valence-electron chi connectivity index (χ4n) is 2.23. The average molecular weight is 264 g/mol. The SMILES string of the molecule is O=C(Nc1cccc(CCCO)c1)C1CC(O)CN1. The zero-order valence-corrected chi connectivity index (χ0v) is 10.8. The third kappa shape index (κ3) is 4.02. The minimum atomic E-state index is -0.438. The monoisotopic (exact) mass is 264 g/mol. The van der Waals surface area contributed by atoms with E-state index in [0.717, 1.165) is 17.7 Å². The largest absolute Gasteiger partial charge is 0.396 e. The van der Waals surface area contributed by atoms with Gasteiger partial charge in [-0.3, -0.25) is 4.79 Å². The summed E-state index contributed by atoms with van der Waals surface area (Å²) in [6, 6.07) is 7.29. The zero-order valence-electron chi connectivity index (χ0n) is 10.8. The lowest BCUT2D eigenvalue weighted by molar-refractivity contribution is -0.117. The molecule has 0 aromatic heterocycles. The van der Waals surface area contributed by atoms with E-state index in [4.69, 9.17) is 5.11 Å².